The van der Waals surface area contributed by atoms with E-state index >= 15 is 0 Å². The van der Waals surface area contributed by atoms with Gasteiger partial charge in [0.15, 0.2) is 11.5 Å². The Morgan fingerprint density at radius 3 is 2.13 bits per heavy atom. The van der Waals surface area contributed by atoms with Gasteiger partial charge in [-0.2, -0.15) is 0 Å². The third-order valence-corrected chi connectivity index (χ3v) is 6.34. The van der Waals surface area contributed by atoms with Crippen molar-refractivity contribution in [2.45, 2.75) is 39.8 Å². The first-order chi connectivity index (χ1) is 14.0. The fraction of sp³-hybridized carbons (Fsp3) is 0.409. The van der Waals surface area contributed by atoms with Crippen LogP contribution in [0.2, 0.25) is 0 Å². The van der Waals surface area contributed by atoms with Gasteiger partial charge in [0.2, 0.25) is 15.9 Å². The zero-order valence-corrected chi connectivity index (χ0v) is 19.3. The molecule has 0 spiro atoms. The van der Waals surface area contributed by atoms with Gasteiger partial charge >= 0.3 is 0 Å². The summed E-state index contributed by atoms with van der Waals surface area (Å²) in [6, 6.07) is 9.47. The zero-order chi connectivity index (χ0) is 22.6. The van der Waals surface area contributed by atoms with Gasteiger partial charge in [-0.15, -0.1) is 0 Å². The zero-order valence-electron chi connectivity index (χ0n) is 18.5. The van der Waals surface area contributed by atoms with Crippen LogP contribution in [0.25, 0.3) is 0 Å². The van der Waals surface area contributed by atoms with Gasteiger partial charge in [-0.05, 0) is 56.5 Å². The summed E-state index contributed by atoms with van der Waals surface area (Å²) in [6.45, 7) is 7.46. The fourth-order valence-electron chi connectivity index (χ4n) is 3.22. The third-order valence-electron chi connectivity index (χ3n) is 5.10. The van der Waals surface area contributed by atoms with E-state index in [1.807, 2.05) is 39.0 Å². The van der Waals surface area contributed by atoms with Crippen molar-refractivity contribution in [2.24, 2.45) is 0 Å². The van der Waals surface area contributed by atoms with Crippen LogP contribution >= 0.6 is 0 Å². The van der Waals surface area contributed by atoms with E-state index in [9.17, 15) is 13.2 Å². The second kappa shape index (κ2) is 9.38. The second-order valence-corrected chi connectivity index (χ2v) is 9.21. The maximum absolute atomic E-state index is 12.9. The molecule has 2 unspecified atom stereocenters. The number of hydrogen-bond donors (Lipinski definition) is 1. The molecule has 7 nitrogen and oxygen atoms in total. The van der Waals surface area contributed by atoms with Gasteiger partial charge in [0, 0.05) is 6.07 Å². The van der Waals surface area contributed by atoms with Crippen LogP contribution in [0.5, 0.6) is 11.5 Å². The molecule has 1 N–H and O–H groups in total. The average Bonchev–Trinajstić information content (AvgIpc) is 2.68. The molecule has 164 valence electrons. The third kappa shape index (κ3) is 5.24. The van der Waals surface area contributed by atoms with Gasteiger partial charge in [0.1, 0.15) is 6.04 Å². The molecular weight excluding hydrogens is 404 g/mol. The van der Waals surface area contributed by atoms with Gasteiger partial charge in [-0.1, -0.05) is 18.2 Å². The first kappa shape index (κ1) is 23.5. The van der Waals surface area contributed by atoms with E-state index in [2.05, 4.69) is 5.32 Å². The van der Waals surface area contributed by atoms with Gasteiger partial charge in [-0.25, -0.2) is 8.42 Å². The van der Waals surface area contributed by atoms with E-state index in [0.717, 1.165) is 21.7 Å². The van der Waals surface area contributed by atoms with Crippen LogP contribution in [0, 0.1) is 13.8 Å². The number of carbonyl (C=O) groups excluding carboxylic acids is 1. The van der Waals surface area contributed by atoms with Gasteiger partial charge in [-0.3, -0.25) is 9.10 Å². The Kier molecular flexibility index (Phi) is 7.36. The van der Waals surface area contributed by atoms with Gasteiger partial charge in [0.25, 0.3) is 0 Å². The molecule has 0 aromatic heterocycles. The second-order valence-electron chi connectivity index (χ2n) is 7.35. The maximum Gasteiger partial charge on any atom is 0.244 e. The highest BCUT2D eigenvalue weighted by Crippen LogP contribution is 2.33. The van der Waals surface area contributed by atoms with Crippen molar-refractivity contribution in [2.75, 3.05) is 24.8 Å². The Morgan fingerprint density at radius 2 is 1.60 bits per heavy atom. The molecule has 2 rings (SSSR count). The Hall–Kier alpha value is -2.74. The van der Waals surface area contributed by atoms with Crippen molar-refractivity contribution in [1.82, 2.24) is 5.32 Å². The van der Waals surface area contributed by atoms with Gasteiger partial charge < -0.3 is 14.8 Å². The Balaban J connectivity index is 2.32. The molecule has 0 radical (unpaired) electrons. The van der Waals surface area contributed by atoms with Crippen LogP contribution in [0.1, 0.15) is 36.6 Å². The standard InChI is InChI=1S/C22H30N2O5S/c1-14-8-9-18(12-15(14)2)16(3)23-22(25)17(4)24(30(7,26)27)19-10-11-20(28-5)21(13-19)29-6/h8-13,16-17H,1-7H3,(H,23,25). The lowest BCUT2D eigenvalue weighted by atomic mass is 10.0. The molecule has 2 atom stereocenters. The first-order valence-electron chi connectivity index (χ1n) is 9.58. The lowest BCUT2D eigenvalue weighted by molar-refractivity contribution is -0.122. The summed E-state index contributed by atoms with van der Waals surface area (Å²) in [5.41, 5.74) is 3.57. The number of aryl methyl sites for hydroxylation is 2. The van der Waals surface area contributed by atoms with Crippen LogP contribution in [0.4, 0.5) is 5.69 Å². The van der Waals surface area contributed by atoms with Crippen molar-refractivity contribution in [1.29, 1.82) is 0 Å². The van der Waals surface area contributed by atoms with Crippen molar-refractivity contribution in [3.63, 3.8) is 0 Å². The molecule has 0 saturated carbocycles. The monoisotopic (exact) mass is 434 g/mol. The highest BCUT2D eigenvalue weighted by Gasteiger charge is 2.30. The average molecular weight is 435 g/mol. The number of ether oxygens (including phenoxy) is 2. The molecule has 1 amide bonds. The minimum absolute atomic E-state index is 0.272. The predicted octanol–water partition coefficient (Wildman–Crippen LogP) is 3.35. The van der Waals surface area contributed by atoms with E-state index in [1.54, 1.807) is 19.1 Å². The number of amides is 1. The Labute approximate surface area is 179 Å². The Morgan fingerprint density at radius 1 is 0.967 bits per heavy atom. The molecule has 2 aromatic carbocycles. The van der Waals surface area contributed by atoms with E-state index in [0.29, 0.717) is 17.2 Å². The van der Waals surface area contributed by atoms with Crippen LogP contribution in [0.15, 0.2) is 36.4 Å². The van der Waals surface area contributed by atoms with Crippen molar-refractivity contribution < 1.29 is 22.7 Å². The van der Waals surface area contributed by atoms with Crippen LogP contribution in [-0.4, -0.2) is 40.8 Å². The summed E-state index contributed by atoms with van der Waals surface area (Å²) in [7, 11) is -0.781. The summed E-state index contributed by atoms with van der Waals surface area (Å²) >= 11 is 0. The molecule has 0 fully saturated rings. The summed E-state index contributed by atoms with van der Waals surface area (Å²) in [6.07, 6.45) is 1.07. The molecule has 30 heavy (non-hydrogen) atoms. The minimum Gasteiger partial charge on any atom is -0.493 e. The van der Waals surface area contributed by atoms with E-state index in [4.69, 9.17) is 9.47 Å². The molecule has 0 saturated heterocycles. The lowest BCUT2D eigenvalue weighted by Gasteiger charge is -2.29. The topological polar surface area (TPSA) is 84.9 Å². The molecule has 0 aliphatic carbocycles. The first-order valence-corrected chi connectivity index (χ1v) is 11.4. The lowest BCUT2D eigenvalue weighted by Crippen LogP contribution is -2.48. The summed E-state index contributed by atoms with van der Waals surface area (Å²) in [5, 5.41) is 2.92. The summed E-state index contributed by atoms with van der Waals surface area (Å²) < 4.78 is 36.7. The predicted molar refractivity (Wildman–Crippen MR) is 119 cm³/mol. The molecule has 0 aliphatic heterocycles. The molecule has 2 aromatic rings. The Bertz CT molecular complexity index is 1020. The van der Waals surface area contributed by atoms with Crippen LogP contribution < -0.4 is 19.1 Å². The van der Waals surface area contributed by atoms with Crippen LogP contribution in [0.3, 0.4) is 0 Å². The van der Waals surface area contributed by atoms with E-state index < -0.39 is 22.0 Å². The van der Waals surface area contributed by atoms with Crippen molar-refractivity contribution >= 4 is 21.6 Å². The SMILES string of the molecule is COc1ccc(N(C(C)C(=O)NC(C)c2ccc(C)c(C)c2)S(C)(=O)=O)cc1OC. The summed E-state index contributed by atoms with van der Waals surface area (Å²) in [4.78, 5) is 12.9. The molecule has 0 bridgehead atoms. The summed E-state index contributed by atoms with van der Waals surface area (Å²) in [5.74, 6) is 0.441. The molecular formula is C22H30N2O5S. The van der Waals surface area contributed by atoms with Crippen molar-refractivity contribution in [3.8, 4) is 11.5 Å². The smallest absolute Gasteiger partial charge is 0.244 e. The van der Waals surface area contributed by atoms with Crippen LogP contribution in [-0.2, 0) is 14.8 Å². The number of carbonyl (C=O) groups is 1. The fourth-order valence-corrected chi connectivity index (χ4v) is 4.39. The largest absolute Gasteiger partial charge is 0.493 e. The number of nitrogens with zero attached hydrogens (tertiary/aromatic N) is 1. The molecule has 8 heteroatoms. The number of sulfonamides is 1. The van der Waals surface area contributed by atoms with Crippen molar-refractivity contribution in [3.05, 3.63) is 53.1 Å². The molecule has 0 heterocycles. The number of methoxy groups -OCH3 is 2. The maximum atomic E-state index is 12.9. The van der Waals surface area contributed by atoms with Gasteiger partial charge in [0.05, 0.1) is 32.2 Å². The highest BCUT2D eigenvalue weighted by atomic mass is 32.2. The normalized spacial score (nSPS) is 13.3. The molecule has 0 aliphatic rings. The number of hydrogen-bond acceptors (Lipinski definition) is 5. The van der Waals surface area contributed by atoms with E-state index in [-0.39, 0.29) is 6.04 Å². The van der Waals surface area contributed by atoms with E-state index in [1.165, 1.54) is 25.8 Å². The number of nitrogens with one attached hydrogen (secondary N) is 1. The minimum atomic E-state index is -3.74. The number of benzene rings is 2. The quantitative estimate of drug-likeness (QED) is 0.689. The number of rotatable bonds is 8. The number of anilines is 1. The highest BCUT2D eigenvalue weighted by molar-refractivity contribution is 7.92.